The van der Waals surface area contributed by atoms with Gasteiger partial charge in [0.05, 0.1) is 23.2 Å². The van der Waals surface area contributed by atoms with Gasteiger partial charge in [0, 0.05) is 13.2 Å². The van der Waals surface area contributed by atoms with Crippen molar-refractivity contribution in [1.82, 2.24) is 18.9 Å². The summed E-state index contributed by atoms with van der Waals surface area (Å²) in [5.41, 5.74) is -1.63. The Bertz CT molecular complexity index is 1290. The lowest BCUT2D eigenvalue weighted by Crippen LogP contribution is -2.12. The molecule has 0 saturated heterocycles. The van der Waals surface area contributed by atoms with Crippen LogP contribution in [0.1, 0.15) is 18.2 Å². The summed E-state index contributed by atoms with van der Waals surface area (Å²) in [7, 11) is -2.82. The van der Waals surface area contributed by atoms with Crippen molar-refractivity contribution < 1.29 is 34.8 Å². The lowest BCUT2D eigenvalue weighted by Gasteiger charge is -2.09. The molecule has 0 saturated carbocycles. The third-order valence-corrected chi connectivity index (χ3v) is 6.42. The standard InChI is InChI=1S/C17H13ClF6N4O2S/c1-3-31(29,30)15-13(26-12-5-4-9(8-28(12)15)16(19,20)21)14-25-7-10(27(14)2)6-11(18)17(22,23)24/h4-8H,3H2,1-2H3/b11-6-. The maximum Gasteiger partial charge on any atom is 0.427 e. The molecular weight excluding hydrogens is 474 g/mol. The number of fused-ring (bicyclic) bond motifs is 1. The van der Waals surface area contributed by atoms with Gasteiger partial charge in [0.1, 0.15) is 16.4 Å². The number of aromatic nitrogens is 4. The Kier molecular flexibility index (Phi) is 5.63. The highest BCUT2D eigenvalue weighted by Crippen LogP contribution is 2.34. The van der Waals surface area contributed by atoms with Crippen molar-refractivity contribution in [3.63, 3.8) is 0 Å². The van der Waals surface area contributed by atoms with E-state index in [-0.39, 0.29) is 22.9 Å². The summed E-state index contributed by atoms with van der Waals surface area (Å²) in [5, 5.41) is -1.99. The molecule has 0 spiro atoms. The Labute approximate surface area is 176 Å². The molecule has 0 radical (unpaired) electrons. The van der Waals surface area contributed by atoms with E-state index in [1.807, 2.05) is 0 Å². The van der Waals surface area contributed by atoms with Crippen LogP contribution in [0.5, 0.6) is 0 Å². The van der Waals surface area contributed by atoms with Crippen LogP contribution in [0.25, 0.3) is 23.2 Å². The van der Waals surface area contributed by atoms with Crippen molar-refractivity contribution in [3.8, 4) is 11.5 Å². The number of pyridine rings is 1. The van der Waals surface area contributed by atoms with Gasteiger partial charge in [0.15, 0.2) is 20.7 Å². The molecule has 14 heteroatoms. The van der Waals surface area contributed by atoms with Gasteiger partial charge in [-0.1, -0.05) is 18.5 Å². The average Bonchev–Trinajstić information content (AvgIpc) is 3.20. The zero-order chi connectivity index (χ0) is 23.4. The molecule has 0 unspecified atom stereocenters. The zero-order valence-electron chi connectivity index (χ0n) is 15.8. The van der Waals surface area contributed by atoms with Gasteiger partial charge in [0.2, 0.25) is 0 Å². The van der Waals surface area contributed by atoms with E-state index in [1.165, 1.54) is 14.0 Å². The van der Waals surface area contributed by atoms with Gasteiger partial charge in [-0.3, -0.25) is 4.40 Å². The molecule has 0 fully saturated rings. The van der Waals surface area contributed by atoms with Gasteiger partial charge in [-0.2, -0.15) is 26.3 Å². The van der Waals surface area contributed by atoms with E-state index in [0.717, 1.165) is 27.3 Å². The highest BCUT2D eigenvalue weighted by Gasteiger charge is 2.34. The molecule has 0 N–H and O–H groups in total. The summed E-state index contributed by atoms with van der Waals surface area (Å²) < 4.78 is 105. The molecule has 0 aromatic carbocycles. The second-order valence-corrected chi connectivity index (χ2v) is 8.97. The van der Waals surface area contributed by atoms with E-state index >= 15 is 0 Å². The SMILES string of the molecule is CCS(=O)(=O)c1c(-c2ncc(/C=C(\Cl)C(F)(F)F)n2C)nc2ccc(C(F)(F)F)cn12. The monoisotopic (exact) mass is 486 g/mol. The number of alkyl halides is 6. The molecular formula is C17H13ClF6N4O2S. The van der Waals surface area contributed by atoms with Gasteiger partial charge in [-0.25, -0.2) is 18.4 Å². The van der Waals surface area contributed by atoms with Gasteiger partial charge >= 0.3 is 12.4 Å². The molecule has 0 amide bonds. The van der Waals surface area contributed by atoms with Crippen LogP contribution in [0, 0.1) is 0 Å². The van der Waals surface area contributed by atoms with Crippen LogP contribution in [0.4, 0.5) is 26.3 Å². The second kappa shape index (κ2) is 7.55. The van der Waals surface area contributed by atoms with Crippen molar-refractivity contribution in [3.05, 3.63) is 40.8 Å². The zero-order valence-corrected chi connectivity index (χ0v) is 17.3. The molecule has 3 aromatic heterocycles. The number of hydrogen-bond donors (Lipinski definition) is 0. The second-order valence-electron chi connectivity index (χ2n) is 6.37. The van der Waals surface area contributed by atoms with Crippen LogP contribution in [0.15, 0.2) is 34.6 Å². The Hall–Kier alpha value is -2.54. The number of sulfone groups is 1. The third-order valence-electron chi connectivity index (χ3n) is 4.36. The van der Waals surface area contributed by atoms with Crippen LogP contribution in [0.2, 0.25) is 0 Å². The smallest absolute Gasteiger partial charge is 0.326 e. The van der Waals surface area contributed by atoms with E-state index in [9.17, 15) is 34.8 Å². The van der Waals surface area contributed by atoms with Crippen molar-refractivity contribution in [2.75, 3.05) is 5.75 Å². The highest BCUT2D eigenvalue weighted by atomic mass is 35.5. The molecule has 3 aromatic rings. The minimum atomic E-state index is -4.81. The predicted octanol–water partition coefficient (Wildman–Crippen LogP) is 4.69. The van der Waals surface area contributed by atoms with E-state index in [1.54, 1.807) is 0 Å². The topological polar surface area (TPSA) is 69.3 Å². The molecule has 6 nitrogen and oxygen atoms in total. The lowest BCUT2D eigenvalue weighted by atomic mass is 10.3. The van der Waals surface area contributed by atoms with Crippen molar-refractivity contribution in [2.45, 2.75) is 24.3 Å². The number of halogens is 7. The van der Waals surface area contributed by atoms with Crippen LogP contribution >= 0.6 is 11.6 Å². The Balaban J connectivity index is 2.30. The van der Waals surface area contributed by atoms with E-state index in [0.29, 0.717) is 12.3 Å². The number of allylic oxidation sites excluding steroid dienone is 1. The summed E-state index contributed by atoms with van der Waals surface area (Å²) in [6.45, 7) is 1.29. The summed E-state index contributed by atoms with van der Waals surface area (Å²) in [4.78, 5) is 8.01. The molecule has 168 valence electrons. The number of nitrogens with zero attached hydrogens (tertiary/aromatic N) is 4. The predicted molar refractivity (Wildman–Crippen MR) is 100 cm³/mol. The van der Waals surface area contributed by atoms with Crippen LogP contribution in [0.3, 0.4) is 0 Å². The molecule has 3 heterocycles. The first-order valence-corrected chi connectivity index (χ1v) is 10.5. The molecule has 0 aliphatic rings. The average molecular weight is 487 g/mol. The van der Waals surface area contributed by atoms with Crippen LogP contribution in [-0.4, -0.2) is 39.3 Å². The minimum absolute atomic E-state index is 0.108. The fourth-order valence-corrected chi connectivity index (χ4v) is 4.02. The maximum absolute atomic E-state index is 13.1. The van der Waals surface area contributed by atoms with Gasteiger partial charge in [-0.05, 0) is 18.2 Å². The van der Waals surface area contributed by atoms with Crippen LogP contribution in [-0.2, 0) is 23.1 Å². The third kappa shape index (κ3) is 4.28. The maximum atomic E-state index is 13.1. The van der Waals surface area contributed by atoms with Gasteiger partial charge in [-0.15, -0.1) is 0 Å². The van der Waals surface area contributed by atoms with Crippen molar-refractivity contribution >= 4 is 33.2 Å². The van der Waals surface area contributed by atoms with Crippen molar-refractivity contribution in [1.29, 1.82) is 0 Å². The molecule has 0 bridgehead atoms. The first-order valence-electron chi connectivity index (χ1n) is 8.45. The van der Waals surface area contributed by atoms with Crippen LogP contribution < -0.4 is 0 Å². The summed E-state index contributed by atoms with van der Waals surface area (Å²) in [5.74, 6) is -0.622. The quantitative estimate of drug-likeness (QED) is 0.502. The minimum Gasteiger partial charge on any atom is -0.326 e. The Morgan fingerprint density at radius 3 is 2.39 bits per heavy atom. The first-order chi connectivity index (χ1) is 14.2. The van der Waals surface area contributed by atoms with E-state index in [2.05, 4.69) is 9.97 Å². The molecule has 3 rings (SSSR count). The Morgan fingerprint density at radius 1 is 1.19 bits per heavy atom. The largest absolute Gasteiger partial charge is 0.427 e. The van der Waals surface area contributed by atoms with E-state index in [4.69, 9.17) is 11.6 Å². The number of hydrogen-bond acceptors (Lipinski definition) is 4. The van der Waals surface area contributed by atoms with Crippen molar-refractivity contribution in [2.24, 2.45) is 7.05 Å². The fraction of sp³-hybridized carbons (Fsp3) is 0.294. The molecule has 0 aliphatic carbocycles. The summed E-state index contributed by atoms with van der Waals surface area (Å²) in [6, 6.07) is 1.73. The van der Waals surface area contributed by atoms with E-state index < -0.39 is 43.6 Å². The fourth-order valence-electron chi connectivity index (χ4n) is 2.76. The summed E-state index contributed by atoms with van der Waals surface area (Å²) in [6.07, 6.45) is -7.35. The molecule has 0 atom stereocenters. The van der Waals surface area contributed by atoms with Gasteiger partial charge < -0.3 is 4.57 Å². The Morgan fingerprint density at radius 2 is 1.84 bits per heavy atom. The highest BCUT2D eigenvalue weighted by molar-refractivity contribution is 7.91. The number of imidazole rings is 2. The van der Waals surface area contributed by atoms with Gasteiger partial charge in [0.25, 0.3) is 0 Å². The summed E-state index contributed by atoms with van der Waals surface area (Å²) >= 11 is 5.24. The molecule has 31 heavy (non-hydrogen) atoms. The first kappa shape index (κ1) is 23.1. The normalized spacial score (nSPS) is 13.9. The number of rotatable bonds is 4. The lowest BCUT2D eigenvalue weighted by molar-refractivity contribution is -0.137. The molecule has 0 aliphatic heterocycles.